The molecule has 0 heterocycles. The molecule has 0 nitrogen and oxygen atoms in total. The first kappa shape index (κ1) is 13.0. The lowest BCUT2D eigenvalue weighted by molar-refractivity contribution is 0.638. The molecular formula is C12H23Cl. The monoisotopic (exact) mass is 202 g/mol. The summed E-state index contributed by atoms with van der Waals surface area (Å²) < 4.78 is 0. The molecule has 0 unspecified atom stereocenters. The summed E-state index contributed by atoms with van der Waals surface area (Å²) in [6.07, 6.45) is 15.0. The number of unbranched alkanes of at least 4 members (excludes halogenated alkanes) is 6. The maximum absolute atomic E-state index is 5.59. The van der Waals surface area contributed by atoms with Gasteiger partial charge in [0.2, 0.25) is 0 Å². The Bertz CT molecular complexity index is 108. The van der Waals surface area contributed by atoms with E-state index in [9.17, 15) is 0 Å². The van der Waals surface area contributed by atoms with E-state index in [4.69, 9.17) is 11.6 Å². The average molecular weight is 203 g/mol. The van der Waals surface area contributed by atoms with Crippen molar-refractivity contribution in [3.8, 4) is 0 Å². The number of alkyl halides is 1. The molecule has 0 aromatic rings. The van der Waals surface area contributed by atoms with Gasteiger partial charge in [-0.2, -0.15) is 0 Å². The molecule has 0 saturated heterocycles. The Kier molecular flexibility index (Phi) is 12.1. The van der Waals surface area contributed by atoms with Crippen LogP contribution in [0.2, 0.25) is 0 Å². The molecule has 13 heavy (non-hydrogen) atoms. The van der Waals surface area contributed by atoms with Gasteiger partial charge in [0.25, 0.3) is 0 Å². The minimum atomic E-state index is 0.830. The fraction of sp³-hybridized carbons (Fsp3) is 0.833. The summed E-state index contributed by atoms with van der Waals surface area (Å²) in [5.41, 5.74) is 0. The number of allylic oxidation sites excluding steroid dienone is 2. The molecule has 0 atom stereocenters. The van der Waals surface area contributed by atoms with Crippen molar-refractivity contribution in [1.29, 1.82) is 0 Å². The van der Waals surface area contributed by atoms with Crippen LogP contribution in [-0.2, 0) is 0 Å². The molecule has 0 rings (SSSR count). The first-order valence-electron chi connectivity index (χ1n) is 5.62. The fourth-order valence-corrected chi connectivity index (χ4v) is 1.48. The second-order valence-corrected chi connectivity index (χ2v) is 3.88. The molecule has 0 saturated carbocycles. The van der Waals surface area contributed by atoms with Crippen molar-refractivity contribution in [2.24, 2.45) is 0 Å². The summed E-state index contributed by atoms with van der Waals surface area (Å²) in [6.45, 7) is 2.22. The smallest absolute Gasteiger partial charge is 0.0223 e. The normalized spacial score (nSPS) is 11.2. The summed E-state index contributed by atoms with van der Waals surface area (Å²) >= 11 is 5.59. The summed E-state index contributed by atoms with van der Waals surface area (Å²) in [5, 5.41) is 0. The van der Waals surface area contributed by atoms with E-state index in [1.807, 2.05) is 0 Å². The van der Waals surface area contributed by atoms with Gasteiger partial charge in [0, 0.05) is 5.88 Å². The highest BCUT2D eigenvalue weighted by molar-refractivity contribution is 6.17. The predicted octanol–water partition coefficient (Wildman–Crippen LogP) is 4.92. The number of hydrogen-bond donors (Lipinski definition) is 0. The van der Waals surface area contributed by atoms with E-state index in [2.05, 4.69) is 19.1 Å². The molecule has 0 bridgehead atoms. The van der Waals surface area contributed by atoms with Crippen LogP contribution in [0.3, 0.4) is 0 Å². The lowest BCUT2D eigenvalue weighted by Gasteiger charge is -1.96. The molecule has 1 heteroatoms. The van der Waals surface area contributed by atoms with Crippen LogP contribution in [0.4, 0.5) is 0 Å². The zero-order valence-electron chi connectivity index (χ0n) is 8.90. The highest BCUT2D eigenvalue weighted by atomic mass is 35.5. The summed E-state index contributed by atoms with van der Waals surface area (Å²) in [5.74, 6) is 0.830. The quantitative estimate of drug-likeness (QED) is 0.283. The molecule has 78 valence electrons. The fourth-order valence-electron chi connectivity index (χ4n) is 1.29. The van der Waals surface area contributed by atoms with Crippen molar-refractivity contribution in [3.05, 3.63) is 12.2 Å². The van der Waals surface area contributed by atoms with Gasteiger partial charge in [-0.1, -0.05) is 44.8 Å². The Morgan fingerprint density at radius 2 is 1.46 bits per heavy atom. The Morgan fingerprint density at radius 1 is 0.846 bits per heavy atom. The lowest BCUT2D eigenvalue weighted by atomic mass is 10.1. The van der Waals surface area contributed by atoms with Crippen LogP contribution >= 0.6 is 11.6 Å². The van der Waals surface area contributed by atoms with Crippen LogP contribution in [0.15, 0.2) is 12.2 Å². The van der Waals surface area contributed by atoms with E-state index in [1.165, 1.54) is 51.4 Å². The van der Waals surface area contributed by atoms with Crippen molar-refractivity contribution >= 4 is 11.6 Å². The van der Waals surface area contributed by atoms with Crippen molar-refractivity contribution in [3.63, 3.8) is 0 Å². The van der Waals surface area contributed by atoms with Crippen LogP contribution in [0, 0.1) is 0 Å². The Hall–Kier alpha value is 0.0300. The minimum absolute atomic E-state index is 0.830. The van der Waals surface area contributed by atoms with Crippen molar-refractivity contribution in [2.45, 2.75) is 58.3 Å². The Balaban J connectivity index is 2.91. The van der Waals surface area contributed by atoms with E-state index in [-0.39, 0.29) is 0 Å². The maximum Gasteiger partial charge on any atom is 0.0223 e. The van der Waals surface area contributed by atoms with Gasteiger partial charge in [-0.05, 0) is 25.7 Å². The zero-order valence-corrected chi connectivity index (χ0v) is 9.65. The molecule has 0 aliphatic rings. The Morgan fingerprint density at radius 3 is 2.15 bits per heavy atom. The second-order valence-electron chi connectivity index (χ2n) is 3.51. The van der Waals surface area contributed by atoms with Crippen LogP contribution in [-0.4, -0.2) is 5.88 Å². The molecule has 0 fully saturated rings. The van der Waals surface area contributed by atoms with E-state index in [0.29, 0.717) is 0 Å². The van der Waals surface area contributed by atoms with Gasteiger partial charge in [0.1, 0.15) is 0 Å². The van der Waals surface area contributed by atoms with Gasteiger partial charge < -0.3 is 0 Å². The SMILES string of the molecule is CCCC=CCCCCCCCCl. The highest BCUT2D eigenvalue weighted by Gasteiger charge is 1.88. The summed E-state index contributed by atoms with van der Waals surface area (Å²) in [7, 11) is 0. The maximum atomic E-state index is 5.59. The third kappa shape index (κ3) is 12.0. The van der Waals surface area contributed by atoms with Gasteiger partial charge >= 0.3 is 0 Å². The molecule has 0 radical (unpaired) electrons. The first-order chi connectivity index (χ1) is 6.41. The van der Waals surface area contributed by atoms with Crippen LogP contribution in [0.1, 0.15) is 58.3 Å². The van der Waals surface area contributed by atoms with E-state index in [1.54, 1.807) is 0 Å². The van der Waals surface area contributed by atoms with Crippen molar-refractivity contribution in [2.75, 3.05) is 5.88 Å². The third-order valence-corrected chi connectivity index (χ3v) is 2.39. The molecule has 0 spiro atoms. The third-order valence-electron chi connectivity index (χ3n) is 2.13. The minimum Gasteiger partial charge on any atom is -0.127 e. The molecule has 0 aromatic heterocycles. The standard InChI is InChI=1S/C12H23Cl/c1-2-3-4-5-6-7-8-9-10-11-12-13/h4-5H,2-3,6-12H2,1H3. The van der Waals surface area contributed by atoms with E-state index < -0.39 is 0 Å². The highest BCUT2D eigenvalue weighted by Crippen LogP contribution is 2.06. The molecule has 0 amide bonds. The van der Waals surface area contributed by atoms with Crippen molar-refractivity contribution < 1.29 is 0 Å². The van der Waals surface area contributed by atoms with Crippen LogP contribution in [0.25, 0.3) is 0 Å². The molecule has 0 N–H and O–H groups in total. The number of halogens is 1. The number of rotatable bonds is 9. The first-order valence-corrected chi connectivity index (χ1v) is 6.16. The predicted molar refractivity (Wildman–Crippen MR) is 62.5 cm³/mol. The average Bonchev–Trinajstić information content (AvgIpc) is 2.16. The van der Waals surface area contributed by atoms with E-state index >= 15 is 0 Å². The lowest BCUT2D eigenvalue weighted by Crippen LogP contribution is -1.79. The summed E-state index contributed by atoms with van der Waals surface area (Å²) in [4.78, 5) is 0. The van der Waals surface area contributed by atoms with Crippen LogP contribution < -0.4 is 0 Å². The molecule has 0 aromatic carbocycles. The summed E-state index contributed by atoms with van der Waals surface area (Å²) in [6, 6.07) is 0. The zero-order chi connectivity index (χ0) is 9.78. The van der Waals surface area contributed by atoms with Gasteiger partial charge in [0.15, 0.2) is 0 Å². The molecule has 0 aliphatic carbocycles. The van der Waals surface area contributed by atoms with Gasteiger partial charge in [-0.3, -0.25) is 0 Å². The topological polar surface area (TPSA) is 0 Å². The second kappa shape index (κ2) is 12.0. The van der Waals surface area contributed by atoms with Gasteiger partial charge in [-0.15, -0.1) is 11.6 Å². The molecule has 0 aliphatic heterocycles. The number of hydrogen-bond acceptors (Lipinski definition) is 0. The van der Waals surface area contributed by atoms with Gasteiger partial charge in [0.05, 0.1) is 0 Å². The van der Waals surface area contributed by atoms with E-state index in [0.717, 1.165) is 5.88 Å². The molecular weight excluding hydrogens is 180 g/mol. The van der Waals surface area contributed by atoms with Gasteiger partial charge in [-0.25, -0.2) is 0 Å². The Labute approximate surface area is 88.4 Å². The van der Waals surface area contributed by atoms with Crippen molar-refractivity contribution in [1.82, 2.24) is 0 Å². The van der Waals surface area contributed by atoms with Crippen LogP contribution in [0.5, 0.6) is 0 Å². The largest absolute Gasteiger partial charge is 0.127 e.